The molecule has 0 saturated heterocycles. The van der Waals surface area contributed by atoms with Crippen molar-refractivity contribution in [3.63, 3.8) is 0 Å². The number of carboxylic acid groups (broad SMARTS) is 1. The molecule has 2 aromatic carbocycles. The zero-order valence-corrected chi connectivity index (χ0v) is 15.3. The monoisotopic (exact) mass is 390 g/mol. The Kier molecular flexibility index (Phi) is 4.82. The number of amides is 1. The third kappa shape index (κ3) is 3.73. The molecule has 0 saturated carbocycles. The van der Waals surface area contributed by atoms with Gasteiger partial charge in [0.25, 0.3) is 5.56 Å². The van der Waals surface area contributed by atoms with E-state index in [1.807, 2.05) is 24.3 Å². The van der Waals surface area contributed by atoms with Crippen LogP contribution in [0, 0.1) is 0 Å². The normalized spacial score (nSPS) is 12.1. The summed E-state index contributed by atoms with van der Waals surface area (Å²) in [6.45, 7) is 0. The van der Waals surface area contributed by atoms with Crippen LogP contribution in [0.1, 0.15) is 11.3 Å². The van der Waals surface area contributed by atoms with Gasteiger partial charge in [0, 0.05) is 28.9 Å². The lowest BCUT2D eigenvalue weighted by Gasteiger charge is -2.14. The van der Waals surface area contributed by atoms with Crippen LogP contribution in [0.4, 0.5) is 0 Å². The fourth-order valence-corrected chi connectivity index (χ4v) is 3.42. The molecule has 146 valence electrons. The largest absolute Gasteiger partial charge is 0.480 e. The summed E-state index contributed by atoms with van der Waals surface area (Å²) in [6, 6.07) is 13.3. The molecule has 0 fully saturated rings. The minimum atomic E-state index is -1.12. The number of carbonyl (C=O) groups excluding carboxylic acids is 1. The van der Waals surface area contributed by atoms with E-state index in [4.69, 9.17) is 0 Å². The number of aromatic nitrogens is 3. The molecule has 8 heteroatoms. The lowest BCUT2D eigenvalue weighted by atomic mass is 10.0. The maximum Gasteiger partial charge on any atom is 0.326 e. The fourth-order valence-electron chi connectivity index (χ4n) is 3.42. The number of nitrogens with one attached hydrogen (secondary N) is 3. The van der Waals surface area contributed by atoms with Crippen molar-refractivity contribution in [2.45, 2.75) is 18.9 Å². The number of H-pyrrole nitrogens is 2. The number of benzene rings is 2. The second kappa shape index (κ2) is 7.59. The number of carbonyl (C=O) groups is 2. The van der Waals surface area contributed by atoms with Gasteiger partial charge in [0.05, 0.1) is 17.5 Å². The van der Waals surface area contributed by atoms with E-state index < -0.39 is 17.9 Å². The molecular weight excluding hydrogens is 372 g/mol. The van der Waals surface area contributed by atoms with Gasteiger partial charge in [0.2, 0.25) is 5.91 Å². The summed E-state index contributed by atoms with van der Waals surface area (Å²) >= 11 is 0. The van der Waals surface area contributed by atoms with E-state index in [2.05, 4.69) is 20.5 Å². The predicted molar refractivity (Wildman–Crippen MR) is 108 cm³/mol. The SMILES string of the molecule is O=C(Cc1n[nH]c(=O)c2ccccc12)N[C@@H](Cc1c[nH]c2ccccc12)C(=O)O. The minimum absolute atomic E-state index is 0.144. The first-order valence-electron chi connectivity index (χ1n) is 9.06. The van der Waals surface area contributed by atoms with Gasteiger partial charge in [-0.2, -0.15) is 5.10 Å². The maximum atomic E-state index is 12.5. The zero-order chi connectivity index (χ0) is 20.4. The van der Waals surface area contributed by atoms with E-state index in [-0.39, 0.29) is 18.4 Å². The van der Waals surface area contributed by atoms with Crippen molar-refractivity contribution in [2.24, 2.45) is 0 Å². The average Bonchev–Trinajstić information content (AvgIpc) is 3.13. The van der Waals surface area contributed by atoms with Crippen LogP contribution < -0.4 is 10.9 Å². The molecule has 1 amide bonds. The number of aromatic amines is 2. The van der Waals surface area contributed by atoms with E-state index in [0.717, 1.165) is 16.5 Å². The highest BCUT2D eigenvalue weighted by Crippen LogP contribution is 2.19. The van der Waals surface area contributed by atoms with Gasteiger partial charge in [0.15, 0.2) is 0 Å². The highest BCUT2D eigenvalue weighted by molar-refractivity contribution is 5.90. The topological polar surface area (TPSA) is 128 Å². The summed E-state index contributed by atoms with van der Waals surface area (Å²) in [7, 11) is 0. The van der Waals surface area contributed by atoms with Crippen LogP contribution in [-0.4, -0.2) is 38.2 Å². The summed E-state index contributed by atoms with van der Waals surface area (Å²) in [5.74, 6) is -1.61. The number of carboxylic acids is 1. The Hall–Kier alpha value is -3.94. The van der Waals surface area contributed by atoms with Crippen molar-refractivity contribution in [3.8, 4) is 0 Å². The minimum Gasteiger partial charge on any atom is -0.480 e. The molecule has 4 rings (SSSR count). The van der Waals surface area contributed by atoms with Crippen LogP contribution in [0.3, 0.4) is 0 Å². The van der Waals surface area contributed by atoms with Gasteiger partial charge in [-0.3, -0.25) is 9.59 Å². The van der Waals surface area contributed by atoms with E-state index >= 15 is 0 Å². The highest BCUT2D eigenvalue weighted by atomic mass is 16.4. The first-order valence-corrected chi connectivity index (χ1v) is 9.06. The molecule has 8 nitrogen and oxygen atoms in total. The smallest absolute Gasteiger partial charge is 0.326 e. The van der Waals surface area contributed by atoms with Gasteiger partial charge in [0.1, 0.15) is 6.04 Å². The van der Waals surface area contributed by atoms with Crippen molar-refractivity contribution >= 4 is 33.6 Å². The van der Waals surface area contributed by atoms with Gasteiger partial charge in [-0.1, -0.05) is 36.4 Å². The fraction of sp³-hybridized carbons (Fsp3) is 0.143. The molecule has 0 bridgehead atoms. The van der Waals surface area contributed by atoms with Crippen LogP contribution in [0.25, 0.3) is 21.7 Å². The van der Waals surface area contributed by atoms with Gasteiger partial charge >= 0.3 is 5.97 Å². The number of para-hydroxylation sites is 1. The van der Waals surface area contributed by atoms with E-state index in [1.165, 1.54) is 0 Å². The van der Waals surface area contributed by atoms with E-state index in [0.29, 0.717) is 16.5 Å². The summed E-state index contributed by atoms with van der Waals surface area (Å²) in [5.41, 5.74) is 1.75. The average molecular weight is 390 g/mol. The number of nitrogens with zero attached hydrogens (tertiary/aromatic N) is 1. The second-order valence-electron chi connectivity index (χ2n) is 6.74. The Balaban J connectivity index is 1.54. The first-order chi connectivity index (χ1) is 14.0. The second-order valence-corrected chi connectivity index (χ2v) is 6.74. The van der Waals surface area contributed by atoms with Crippen LogP contribution >= 0.6 is 0 Å². The van der Waals surface area contributed by atoms with Gasteiger partial charge in [-0.05, 0) is 17.7 Å². The van der Waals surface area contributed by atoms with Crippen LogP contribution in [-0.2, 0) is 22.4 Å². The van der Waals surface area contributed by atoms with Crippen molar-refractivity contribution in [1.29, 1.82) is 0 Å². The molecular formula is C21H18N4O4. The van der Waals surface area contributed by atoms with Gasteiger partial charge < -0.3 is 15.4 Å². The predicted octanol–water partition coefficient (Wildman–Crippen LogP) is 1.76. The summed E-state index contributed by atoms with van der Waals surface area (Å²) in [6.07, 6.45) is 1.75. The number of aliphatic carboxylic acids is 1. The lowest BCUT2D eigenvalue weighted by molar-refractivity contribution is -0.141. The van der Waals surface area contributed by atoms with Crippen molar-refractivity contribution in [3.05, 3.63) is 76.3 Å². The summed E-state index contributed by atoms with van der Waals surface area (Å²) in [4.78, 5) is 39.2. The molecule has 29 heavy (non-hydrogen) atoms. The summed E-state index contributed by atoms with van der Waals surface area (Å²) < 4.78 is 0. The first kappa shape index (κ1) is 18.4. The number of rotatable bonds is 6. The lowest BCUT2D eigenvalue weighted by Crippen LogP contribution is -2.43. The molecule has 4 N–H and O–H groups in total. The van der Waals surface area contributed by atoms with Crippen LogP contribution in [0.2, 0.25) is 0 Å². The number of fused-ring (bicyclic) bond motifs is 2. The molecule has 4 aromatic rings. The van der Waals surface area contributed by atoms with Crippen LogP contribution in [0.15, 0.2) is 59.5 Å². The molecule has 0 unspecified atom stereocenters. The molecule has 0 aliphatic carbocycles. The number of hydrogen-bond acceptors (Lipinski definition) is 4. The molecule has 0 aliphatic heterocycles. The Morgan fingerprint density at radius 3 is 2.48 bits per heavy atom. The van der Waals surface area contributed by atoms with Gasteiger partial charge in [-0.25, -0.2) is 9.89 Å². The van der Waals surface area contributed by atoms with Crippen molar-refractivity contribution in [1.82, 2.24) is 20.5 Å². The Labute approximate surface area is 164 Å². The molecule has 0 aliphatic rings. The highest BCUT2D eigenvalue weighted by Gasteiger charge is 2.22. The van der Waals surface area contributed by atoms with E-state index in [1.54, 1.807) is 30.5 Å². The molecule has 0 radical (unpaired) electrons. The Morgan fingerprint density at radius 1 is 1.03 bits per heavy atom. The number of hydrogen-bond donors (Lipinski definition) is 4. The molecule has 2 aromatic heterocycles. The molecule has 0 spiro atoms. The van der Waals surface area contributed by atoms with Gasteiger partial charge in [-0.15, -0.1) is 0 Å². The zero-order valence-electron chi connectivity index (χ0n) is 15.3. The Bertz CT molecular complexity index is 1270. The maximum absolute atomic E-state index is 12.5. The molecule has 1 atom stereocenters. The van der Waals surface area contributed by atoms with E-state index in [9.17, 15) is 19.5 Å². The quantitative estimate of drug-likeness (QED) is 0.399. The van der Waals surface area contributed by atoms with Crippen molar-refractivity contribution < 1.29 is 14.7 Å². The third-order valence-corrected chi connectivity index (χ3v) is 4.84. The standard InChI is InChI=1S/C21H18N4O4/c26-19(10-17-14-6-1-2-7-15(14)20(27)25-24-17)23-18(21(28)29)9-12-11-22-16-8-4-3-5-13(12)16/h1-8,11,18,22H,9-10H2,(H,23,26)(H,25,27)(H,28,29)/t18-/m0/s1. The summed E-state index contributed by atoms with van der Waals surface area (Å²) in [5, 5.41) is 20.4. The van der Waals surface area contributed by atoms with Crippen LogP contribution in [0.5, 0.6) is 0 Å². The Morgan fingerprint density at radius 2 is 1.72 bits per heavy atom. The van der Waals surface area contributed by atoms with Crippen molar-refractivity contribution in [2.75, 3.05) is 0 Å². The molecule has 2 heterocycles. The third-order valence-electron chi connectivity index (χ3n) is 4.84.